The lowest BCUT2D eigenvalue weighted by molar-refractivity contribution is -0.0354. The third-order valence-corrected chi connectivity index (χ3v) is 11.9. The van der Waals surface area contributed by atoms with Crippen molar-refractivity contribution in [3.8, 4) is 0 Å². The number of aliphatic hydroxyl groups excluding tert-OH is 1. The predicted octanol–water partition coefficient (Wildman–Crippen LogP) is 7.28. The van der Waals surface area contributed by atoms with Crippen molar-refractivity contribution in [2.24, 2.45) is 46.8 Å². The van der Waals surface area contributed by atoms with E-state index in [1.54, 1.807) is 5.57 Å². The minimum Gasteiger partial charge on any atom is -0.393 e. The maximum atomic E-state index is 11.1. The molecule has 5 aliphatic carbocycles. The molecule has 2 heteroatoms. The monoisotopic (exact) mass is 442 g/mol. The zero-order valence-electron chi connectivity index (χ0n) is 21.2. The Morgan fingerprint density at radius 2 is 1.78 bits per heavy atom. The van der Waals surface area contributed by atoms with Crippen LogP contribution in [0.1, 0.15) is 117 Å². The highest BCUT2D eigenvalue weighted by atomic mass is 16.3. The van der Waals surface area contributed by atoms with Gasteiger partial charge in [-0.05, 0) is 117 Å². The van der Waals surface area contributed by atoms with Crippen molar-refractivity contribution in [3.63, 3.8) is 0 Å². The Morgan fingerprint density at radius 1 is 1.03 bits per heavy atom. The van der Waals surface area contributed by atoms with E-state index in [0.717, 1.165) is 61.2 Å². The fourth-order valence-electron chi connectivity index (χ4n) is 9.52. The van der Waals surface area contributed by atoms with Crippen LogP contribution in [0.5, 0.6) is 0 Å². The van der Waals surface area contributed by atoms with E-state index in [2.05, 4.69) is 26.8 Å². The summed E-state index contributed by atoms with van der Waals surface area (Å²) < 4.78 is 0. The molecular weight excluding hydrogens is 392 g/mol. The largest absolute Gasteiger partial charge is 0.393 e. The van der Waals surface area contributed by atoms with E-state index in [-0.39, 0.29) is 6.10 Å². The first kappa shape index (κ1) is 23.4. The lowest BCUT2D eigenvalue weighted by Crippen LogP contribution is -2.47. The molecule has 4 saturated carbocycles. The predicted molar refractivity (Wildman–Crippen MR) is 132 cm³/mol. The molecule has 32 heavy (non-hydrogen) atoms. The molecule has 0 aromatic carbocycles. The SMILES string of the molecule is CC[C@]1(O)CC[C@@]2(C)C(=CC[C@H]3[C@@H]4CC[C@H]([C@H](C)[C@@H](O)CC5CCCC5)[C@H](CC[C@@H]32)C4)C1. The third-order valence-electron chi connectivity index (χ3n) is 11.9. The summed E-state index contributed by atoms with van der Waals surface area (Å²) in [6.45, 7) is 7.11. The standard InChI is InChI=1S/C30H50O2/c1-4-30(32)16-15-29(3)24(19-30)11-13-26-23-9-12-25(22(18-23)10-14-27(26)29)20(2)28(31)17-21-7-5-6-8-21/h11,20-23,25-28,31-32H,4-10,12-19H2,1-3H3/t20-,22+,23+,25+,26-,27-,28-,29-,30-/m0/s1. The van der Waals surface area contributed by atoms with Crippen LogP contribution >= 0.6 is 0 Å². The molecule has 0 saturated heterocycles. The molecular formula is C30H50O2. The second kappa shape index (κ2) is 9.03. The number of hydrogen-bond donors (Lipinski definition) is 2. The van der Waals surface area contributed by atoms with Gasteiger partial charge >= 0.3 is 0 Å². The zero-order chi connectivity index (χ0) is 22.5. The Bertz CT molecular complexity index is 693. The molecule has 5 aliphatic rings. The summed E-state index contributed by atoms with van der Waals surface area (Å²) in [6, 6.07) is 0. The molecule has 0 amide bonds. The van der Waals surface area contributed by atoms with Gasteiger partial charge in [0.25, 0.3) is 0 Å². The summed E-state index contributed by atoms with van der Waals surface area (Å²) in [5, 5.41) is 22.2. The Labute approximate surface area is 197 Å². The molecule has 5 rings (SSSR count). The third kappa shape index (κ3) is 4.15. The van der Waals surface area contributed by atoms with Crippen molar-refractivity contribution >= 4 is 0 Å². The Kier molecular flexibility index (Phi) is 6.60. The molecule has 9 atom stereocenters. The van der Waals surface area contributed by atoms with Crippen molar-refractivity contribution in [3.05, 3.63) is 11.6 Å². The highest BCUT2D eigenvalue weighted by Crippen LogP contribution is 2.61. The quantitative estimate of drug-likeness (QED) is 0.439. The number of rotatable bonds is 5. The lowest BCUT2D eigenvalue weighted by atomic mass is 9.52. The molecule has 0 aromatic rings. The van der Waals surface area contributed by atoms with Gasteiger partial charge in [0.15, 0.2) is 0 Å². The molecule has 0 aromatic heterocycles. The maximum Gasteiger partial charge on any atom is 0.0682 e. The second-order valence-corrected chi connectivity index (χ2v) is 13.3. The summed E-state index contributed by atoms with van der Waals surface area (Å²) >= 11 is 0. The zero-order valence-corrected chi connectivity index (χ0v) is 21.2. The smallest absolute Gasteiger partial charge is 0.0682 e. The minimum absolute atomic E-state index is 0.0824. The van der Waals surface area contributed by atoms with Crippen LogP contribution in [-0.4, -0.2) is 21.9 Å². The van der Waals surface area contributed by atoms with E-state index < -0.39 is 5.60 Å². The second-order valence-electron chi connectivity index (χ2n) is 13.3. The molecule has 0 spiro atoms. The van der Waals surface area contributed by atoms with Crippen molar-refractivity contribution in [2.45, 2.75) is 129 Å². The molecule has 0 aliphatic heterocycles. The first-order valence-electron chi connectivity index (χ1n) is 14.4. The van der Waals surface area contributed by atoms with Crippen LogP contribution in [0.3, 0.4) is 0 Å². The average molecular weight is 443 g/mol. The maximum absolute atomic E-state index is 11.1. The molecule has 2 bridgehead atoms. The van der Waals surface area contributed by atoms with Crippen LogP contribution < -0.4 is 0 Å². The highest BCUT2D eigenvalue weighted by Gasteiger charge is 2.53. The van der Waals surface area contributed by atoms with E-state index in [9.17, 15) is 10.2 Å². The summed E-state index contributed by atoms with van der Waals surface area (Å²) in [6.07, 6.45) is 21.2. The van der Waals surface area contributed by atoms with Gasteiger partial charge in [0.1, 0.15) is 0 Å². The molecule has 2 nitrogen and oxygen atoms in total. The van der Waals surface area contributed by atoms with Crippen LogP contribution in [0.15, 0.2) is 11.6 Å². The first-order valence-corrected chi connectivity index (χ1v) is 14.4. The van der Waals surface area contributed by atoms with Gasteiger partial charge < -0.3 is 10.2 Å². The summed E-state index contributed by atoms with van der Waals surface area (Å²) in [5.41, 5.74) is 1.47. The number of allylic oxidation sites excluding steroid dienone is 1. The van der Waals surface area contributed by atoms with Crippen LogP contribution in [0.4, 0.5) is 0 Å². The van der Waals surface area contributed by atoms with Gasteiger partial charge in [0.05, 0.1) is 11.7 Å². The van der Waals surface area contributed by atoms with Gasteiger partial charge in [-0.3, -0.25) is 0 Å². The Morgan fingerprint density at radius 3 is 2.53 bits per heavy atom. The van der Waals surface area contributed by atoms with Crippen molar-refractivity contribution in [2.75, 3.05) is 0 Å². The highest BCUT2D eigenvalue weighted by molar-refractivity contribution is 5.26. The fraction of sp³-hybridized carbons (Fsp3) is 0.933. The number of aliphatic hydroxyl groups is 2. The van der Waals surface area contributed by atoms with Gasteiger partial charge in [-0.2, -0.15) is 0 Å². The van der Waals surface area contributed by atoms with Crippen molar-refractivity contribution in [1.29, 1.82) is 0 Å². The van der Waals surface area contributed by atoms with Gasteiger partial charge in [-0.1, -0.05) is 58.1 Å². The number of hydrogen-bond acceptors (Lipinski definition) is 2. The van der Waals surface area contributed by atoms with Crippen LogP contribution in [0, 0.1) is 46.8 Å². The van der Waals surface area contributed by atoms with Crippen LogP contribution in [0.2, 0.25) is 0 Å². The van der Waals surface area contributed by atoms with Gasteiger partial charge in [0.2, 0.25) is 0 Å². The van der Waals surface area contributed by atoms with E-state index in [1.165, 1.54) is 70.6 Å². The Hall–Kier alpha value is -0.340. The van der Waals surface area contributed by atoms with Crippen molar-refractivity contribution < 1.29 is 10.2 Å². The lowest BCUT2D eigenvalue weighted by Gasteiger charge is -2.54. The van der Waals surface area contributed by atoms with Gasteiger partial charge in [-0.25, -0.2) is 0 Å². The molecule has 182 valence electrons. The van der Waals surface area contributed by atoms with E-state index in [0.29, 0.717) is 11.3 Å². The molecule has 0 radical (unpaired) electrons. The summed E-state index contributed by atoms with van der Waals surface area (Å²) in [5.74, 6) is 5.40. The van der Waals surface area contributed by atoms with Crippen molar-refractivity contribution in [1.82, 2.24) is 0 Å². The molecule has 0 heterocycles. The van der Waals surface area contributed by atoms with Crippen LogP contribution in [-0.2, 0) is 0 Å². The molecule has 2 N–H and O–H groups in total. The first-order chi connectivity index (χ1) is 15.3. The summed E-state index contributed by atoms with van der Waals surface area (Å²) in [7, 11) is 0. The average Bonchev–Trinajstić information content (AvgIpc) is 3.25. The van der Waals surface area contributed by atoms with E-state index in [4.69, 9.17) is 0 Å². The number of fused-ring (bicyclic) bond motifs is 6. The van der Waals surface area contributed by atoms with Gasteiger partial charge in [-0.15, -0.1) is 0 Å². The Balaban J connectivity index is 1.28. The van der Waals surface area contributed by atoms with Crippen LogP contribution in [0.25, 0.3) is 0 Å². The minimum atomic E-state index is -0.450. The summed E-state index contributed by atoms with van der Waals surface area (Å²) in [4.78, 5) is 0. The van der Waals surface area contributed by atoms with E-state index >= 15 is 0 Å². The molecule has 4 fully saturated rings. The molecule has 0 unspecified atom stereocenters. The fourth-order valence-corrected chi connectivity index (χ4v) is 9.52. The topological polar surface area (TPSA) is 40.5 Å². The van der Waals surface area contributed by atoms with E-state index in [1.807, 2.05) is 0 Å². The van der Waals surface area contributed by atoms with Gasteiger partial charge in [0, 0.05) is 0 Å². The normalized spacial score (nSPS) is 46.5.